The fourth-order valence-corrected chi connectivity index (χ4v) is 5.50. The van der Waals surface area contributed by atoms with E-state index in [1.165, 1.54) is 0 Å². The fourth-order valence-electron chi connectivity index (χ4n) is 5.50. The van der Waals surface area contributed by atoms with Crippen LogP contribution in [0.2, 0.25) is 0 Å². The zero-order chi connectivity index (χ0) is 27.4. The maximum Gasteiger partial charge on any atom is 0.410 e. The highest BCUT2D eigenvalue weighted by Crippen LogP contribution is 2.30. The highest BCUT2D eigenvalue weighted by molar-refractivity contribution is 6.05. The lowest BCUT2D eigenvalue weighted by atomic mass is 9.86. The Morgan fingerprint density at radius 1 is 1.13 bits per heavy atom. The lowest BCUT2D eigenvalue weighted by molar-refractivity contribution is -0.136. The summed E-state index contributed by atoms with van der Waals surface area (Å²) in [6, 6.07) is 5.02. The average Bonchev–Trinajstić information content (AvgIpc) is 3.18. The number of hydrogen-bond acceptors (Lipinski definition) is 5. The van der Waals surface area contributed by atoms with E-state index in [1.54, 1.807) is 11.0 Å². The number of amides is 4. The third-order valence-corrected chi connectivity index (χ3v) is 7.56. The summed E-state index contributed by atoms with van der Waals surface area (Å²) in [6.45, 7) is 8.84. The van der Waals surface area contributed by atoms with Gasteiger partial charge in [0.15, 0.2) is 0 Å². The molecule has 1 unspecified atom stereocenters. The van der Waals surface area contributed by atoms with Gasteiger partial charge in [-0.25, -0.2) is 4.79 Å². The maximum atomic E-state index is 13.0. The third kappa shape index (κ3) is 6.56. The molecule has 38 heavy (non-hydrogen) atoms. The lowest BCUT2D eigenvalue weighted by Crippen LogP contribution is -2.52. The number of unbranched alkanes of at least 4 members (excludes halogenated alkanes) is 1. The van der Waals surface area contributed by atoms with Crippen LogP contribution in [0.15, 0.2) is 18.2 Å². The van der Waals surface area contributed by atoms with Gasteiger partial charge in [0.25, 0.3) is 5.91 Å². The van der Waals surface area contributed by atoms with Crippen molar-refractivity contribution in [2.24, 2.45) is 5.92 Å². The molecule has 4 amide bonds. The molecule has 0 spiro atoms. The minimum Gasteiger partial charge on any atom is -0.444 e. The zero-order valence-electron chi connectivity index (χ0n) is 23.0. The summed E-state index contributed by atoms with van der Waals surface area (Å²) < 4.78 is 5.71. The smallest absolute Gasteiger partial charge is 0.410 e. The van der Waals surface area contributed by atoms with Crippen molar-refractivity contribution in [3.63, 3.8) is 0 Å². The van der Waals surface area contributed by atoms with Crippen molar-refractivity contribution in [3.8, 4) is 11.8 Å². The van der Waals surface area contributed by atoms with Gasteiger partial charge in [0.1, 0.15) is 11.6 Å². The molecule has 204 valence electrons. The molecule has 3 aliphatic rings. The van der Waals surface area contributed by atoms with Crippen LogP contribution in [-0.2, 0) is 20.9 Å². The van der Waals surface area contributed by atoms with Crippen LogP contribution in [0.3, 0.4) is 0 Å². The highest BCUT2D eigenvalue weighted by atomic mass is 16.6. The Morgan fingerprint density at radius 3 is 2.55 bits per heavy atom. The number of nitrogens with one attached hydrogen (secondary N) is 1. The number of imide groups is 1. The van der Waals surface area contributed by atoms with E-state index in [0.717, 1.165) is 43.2 Å². The van der Waals surface area contributed by atoms with E-state index in [2.05, 4.69) is 24.1 Å². The van der Waals surface area contributed by atoms with Crippen LogP contribution in [0, 0.1) is 17.8 Å². The Kier molecular flexibility index (Phi) is 8.44. The van der Waals surface area contributed by atoms with Crippen molar-refractivity contribution in [2.75, 3.05) is 6.54 Å². The van der Waals surface area contributed by atoms with E-state index in [4.69, 9.17) is 4.74 Å². The van der Waals surface area contributed by atoms with E-state index < -0.39 is 17.6 Å². The van der Waals surface area contributed by atoms with Gasteiger partial charge in [0.2, 0.25) is 11.8 Å². The van der Waals surface area contributed by atoms with E-state index >= 15 is 0 Å². The SMILES string of the molecule is CC(C)(C)OC(=O)N(CCCC#Cc1cccc2c1CN(C1CCC(=O)NC1=O)C2=O)[C@H]1CC[C@@H](C)CC1. The summed E-state index contributed by atoms with van der Waals surface area (Å²) in [5.74, 6) is 6.22. The second kappa shape index (κ2) is 11.6. The van der Waals surface area contributed by atoms with Crippen molar-refractivity contribution in [3.05, 3.63) is 34.9 Å². The fraction of sp³-hybridized carbons (Fsp3) is 0.600. The average molecular weight is 522 g/mol. The quantitative estimate of drug-likeness (QED) is 0.352. The predicted octanol–water partition coefficient (Wildman–Crippen LogP) is 4.40. The summed E-state index contributed by atoms with van der Waals surface area (Å²) in [4.78, 5) is 53.3. The van der Waals surface area contributed by atoms with Crippen molar-refractivity contribution in [1.29, 1.82) is 0 Å². The topological polar surface area (TPSA) is 96.0 Å². The minimum absolute atomic E-state index is 0.201. The Labute approximate surface area is 225 Å². The molecule has 1 N–H and O–H groups in total. The van der Waals surface area contributed by atoms with Crippen molar-refractivity contribution < 1.29 is 23.9 Å². The number of carbonyl (C=O) groups is 4. The molecule has 2 fully saturated rings. The highest BCUT2D eigenvalue weighted by Gasteiger charge is 2.39. The molecular formula is C30H39N3O5. The first-order chi connectivity index (χ1) is 18.0. The van der Waals surface area contributed by atoms with Crippen molar-refractivity contribution in [2.45, 2.75) is 103 Å². The molecule has 1 aliphatic carbocycles. The van der Waals surface area contributed by atoms with Crippen LogP contribution in [0.5, 0.6) is 0 Å². The molecule has 1 saturated carbocycles. The first-order valence-corrected chi connectivity index (χ1v) is 13.8. The normalized spacial score (nSPS) is 23.3. The van der Waals surface area contributed by atoms with Crippen LogP contribution in [0.4, 0.5) is 4.79 Å². The van der Waals surface area contributed by atoms with Gasteiger partial charge in [0, 0.05) is 43.1 Å². The largest absolute Gasteiger partial charge is 0.444 e. The molecule has 1 aromatic carbocycles. The van der Waals surface area contributed by atoms with E-state index in [-0.39, 0.29) is 30.4 Å². The second-order valence-electron chi connectivity index (χ2n) is 11.7. The predicted molar refractivity (Wildman–Crippen MR) is 143 cm³/mol. The molecule has 2 heterocycles. The number of carbonyl (C=O) groups excluding carboxylic acids is 4. The van der Waals surface area contributed by atoms with Crippen LogP contribution < -0.4 is 5.32 Å². The van der Waals surface area contributed by atoms with Gasteiger partial charge in [-0.3, -0.25) is 19.7 Å². The Morgan fingerprint density at radius 2 is 1.87 bits per heavy atom. The first kappa shape index (κ1) is 27.7. The molecule has 0 radical (unpaired) electrons. The molecular weight excluding hydrogens is 482 g/mol. The van der Waals surface area contributed by atoms with Crippen molar-refractivity contribution in [1.82, 2.24) is 15.1 Å². The van der Waals surface area contributed by atoms with Gasteiger partial charge in [0.05, 0.1) is 0 Å². The van der Waals surface area contributed by atoms with E-state index in [1.807, 2.05) is 37.8 Å². The minimum atomic E-state index is -0.643. The van der Waals surface area contributed by atoms with E-state index in [9.17, 15) is 19.2 Å². The number of benzene rings is 1. The summed E-state index contributed by atoms with van der Waals surface area (Å²) in [5.41, 5.74) is 1.62. The molecule has 2 aliphatic heterocycles. The van der Waals surface area contributed by atoms with Gasteiger partial charge < -0.3 is 14.5 Å². The molecule has 0 aromatic heterocycles. The van der Waals surface area contributed by atoms with Gasteiger partial charge in [-0.2, -0.15) is 0 Å². The van der Waals surface area contributed by atoms with Gasteiger partial charge in [-0.15, -0.1) is 0 Å². The first-order valence-electron chi connectivity index (χ1n) is 13.8. The zero-order valence-corrected chi connectivity index (χ0v) is 23.0. The standard InChI is InChI=1S/C30H39N3O5/c1-20-12-14-22(15-13-20)32(29(37)38-30(2,3)4)18-7-5-6-9-21-10-8-11-23-24(21)19-33(28(23)36)25-16-17-26(34)31-27(25)35/h8,10-11,20,22,25H,5,7,12-19H2,1-4H3,(H,31,34,35)/t20-,22+,25?. The van der Waals surface area contributed by atoms with Crippen LogP contribution in [-0.4, -0.2) is 57.8 Å². The van der Waals surface area contributed by atoms with E-state index in [0.29, 0.717) is 37.4 Å². The molecule has 1 saturated heterocycles. The summed E-state index contributed by atoms with van der Waals surface area (Å²) in [7, 11) is 0. The number of hydrogen-bond donors (Lipinski definition) is 1. The molecule has 1 atom stereocenters. The number of piperidine rings is 1. The van der Waals surface area contributed by atoms with Gasteiger partial charge >= 0.3 is 6.09 Å². The van der Waals surface area contributed by atoms with Crippen LogP contribution in [0.1, 0.15) is 101 Å². The molecule has 1 aromatic rings. The molecule has 0 bridgehead atoms. The second-order valence-corrected chi connectivity index (χ2v) is 11.7. The number of nitrogens with zero attached hydrogens (tertiary/aromatic N) is 2. The van der Waals surface area contributed by atoms with Crippen LogP contribution in [0.25, 0.3) is 0 Å². The Hall–Kier alpha value is -3.34. The number of fused-ring (bicyclic) bond motifs is 1. The molecule has 8 nitrogen and oxygen atoms in total. The number of rotatable bonds is 5. The summed E-state index contributed by atoms with van der Waals surface area (Å²) in [6.07, 6.45) is 5.89. The Balaban J connectivity index is 1.39. The maximum absolute atomic E-state index is 13.0. The summed E-state index contributed by atoms with van der Waals surface area (Å²) >= 11 is 0. The summed E-state index contributed by atoms with van der Waals surface area (Å²) in [5, 5.41) is 2.33. The van der Waals surface area contributed by atoms with Crippen LogP contribution >= 0.6 is 0 Å². The molecule has 8 heteroatoms. The lowest BCUT2D eigenvalue weighted by Gasteiger charge is -2.37. The molecule has 4 rings (SSSR count). The number of ether oxygens (including phenoxy) is 1. The van der Waals surface area contributed by atoms with Gasteiger partial charge in [-0.05, 0) is 82.9 Å². The Bertz CT molecular complexity index is 1150. The van der Waals surface area contributed by atoms with Gasteiger partial charge in [-0.1, -0.05) is 24.8 Å². The van der Waals surface area contributed by atoms with Crippen molar-refractivity contribution >= 4 is 23.8 Å². The third-order valence-electron chi connectivity index (χ3n) is 7.56. The monoisotopic (exact) mass is 521 g/mol.